The quantitative estimate of drug-likeness (QED) is 0.936. The van der Waals surface area contributed by atoms with Gasteiger partial charge in [0.15, 0.2) is 0 Å². The molecule has 2 aromatic rings. The zero-order valence-corrected chi connectivity index (χ0v) is 12.8. The van der Waals surface area contributed by atoms with E-state index in [0.717, 1.165) is 11.3 Å². The molecule has 0 spiro atoms. The Balaban J connectivity index is 2.38. The molecule has 0 saturated heterocycles. The fourth-order valence-electron chi connectivity index (χ4n) is 2.10. The highest BCUT2D eigenvalue weighted by Gasteiger charge is 2.21. The van der Waals surface area contributed by atoms with E-state index in [0.29, 0.717) is 18.1 Å². The molecule has 0 aromatic carbocycles. The molecule has 1 N–H and O–H groups in total. The van der Waals surface area contributed by atoms with Crippen molar-refractivity contribution in [3.05, 3.63) is 35.3 Å². The predicted octanol–water partition coefficient (Wildman–Crippen LogP) is 2.02. The second-order valence-electron chi connectivity index (χ2n) is 4.69. The van der Waals surface area contributed by atoms with E-state index < -0.39 is 10.0 Å². The third-order valence-corrected chi connectivity index (χ3v) is 4.44. The van der Waals surface area contributed by atoms with Crippen molar-refractivity contribution in [3.63, 3.8) is 0 Å². The summed E-state index contributed by atoms with van der Waals surface area (Å²) < 4.78 is 28.9. The molecule has 0 aliphatic carbocycles. The zero-order chi connectivity index (χ0) is 14.9. The summed E-state index contributed by atoms with van der Waals surface area (Å²) in [6.45, 7) is 8.00. The first kappa shape index (κ1) is 14.5. The lowest BCUT2D eigenvalue weighted by Gasteiger charge is -2.08. The standard InChI is InChI=1S/C13H18N4O2S/c1-5-17-11(4)12(8-14-17)20(18,19)16-13-7-9(2)6-10(3)15-13/h6-8H,5H2,1-4H3,(H,15,16). The summed E-state index contributed by atoms with van der Waals surface area (Å²) in [7, 11) is -3.66. The number of rotatable bonds is 4. The van der Waals surface area contributed by atoms with Crippen molar-refractivity contribution < 1.29 is 8.42 Å². The molecule has 6 nitrogen and oxygen atoms in total. The van der Waals surface area contributed by atoms with Gasteiger partial charge in [0.25, 0.3) is 10.0 Å². The van der Waals surface area contributed by atoms with E-state index in [-0.39, 0.29) is 4.90 Å². The van der Waals surface area contributed by atoms with Crippen molar-refractivity contribution in [2.75, 3.05) is 4.72 Å². The summed E-state index contributed by atoms with van der Waals surface area (Å²) >= 11 is 0. The maximum Gasteiger partial charge on any atom is 0.266 e. The molecular weight excluding hydrogens is 276 g/mol. The molecule has 2 aromatic heterocycles. The Labute approximate surface area is 118 Å². The van der Waals surface area contributed by atoms with Crippen LogP contribution in [-0.4, -0.2) is 23.2 Å². The van der Waals surface area contributed by atoms with E-state index in [4.69, 9.17) is 0 Å². The van der Waals surface area contributed by atoms with Crippen LogP contribution in [-0.2, 0) is 16.6 Å². The Morgan fingerprint density at radius 1 is 1.25 bits per heavy atom. The predicted molar refractivity (Wildman–Crippen MR) is 77.2 cm³/mol. The Morgan fingerprint density at radius 3 is 2.50 bits per heavy atom. The average Bonchev–Trinajstić information content (AvgIpc) is 2.68. The topological polar surface area (TPSA) is 76.9 Å². The first-order chi connectivity index (χ1) is 9.33. The third-order valence-electron chi connectivity index (χ3n) is 2.98. The molecule has 2 rings (SSSR count). The lowest BCUT2D eigenvalue weighted by Crippen LogP contribution is -2.15. The molecule has 0 radical (unpaired) electrons. The van der Waals surface area contributed by atoms with Crippen molar-refractivity contribution in [1.29, 1.82) is 0 Å². The van der Waals surface area contributed by atoms with Crippen molar-refractivity contribution in [3.8, 4) is 0 Å². The summed E-state index contributed by atoms with van der Waals surface area (Å²) in [5.41, 5.74) is 2.34. The number of aromatic nitrogens is 3. The number of aryl methyl sites for hydroxylation is 3. The number of pyridine rings is 1. The van der Waals surface area contributed by atoms with E-state index in [2.05, 4.69) is 14.8 Å². The minimum Gasteiger partial charge on any atom is -0.269 e. The van der Waals surface area contributed by atoms with Gasteiger partial charge in [-0.1, -0.05) is 0 Å². The number of anilines is 1. The number of nitrogens with one attached hydrogen (secondary N) is 1. The molecule has 0 fully saturated rings. The van der Waals surface area contributed by atoms with Crippen LogP contribution in [0.25, 0.3) is 0 Å². The lowest BCUT2D eigenvalue weighted by molar-refractivity contribution is 0.598. The van der Waals surface area contributed by atoms with Gasteiger partial charge in [0.05, 0.1) is 11.9 Å². The number of sulfonamides is 1. The maximum atomic E-state index is 12.4. The van der Waals surface area contributed by atoms with Crippen molar-refractivity contribution in [2.45, 2.75) is 39.1 Å². The van der Waals surface area contributed by atoms with Gasteiger partial charge in [-0.25, -0.2) is 13.4 Å². The SMILES string of the molecule is CCn1ncc(S(=O)(=O)Nc2cc(C)cc(C)n2)c1C. The first-order valence-corrected chi connectivity index (χ1v) is 7.82. The monoisotopic (exact) mass is 294 g/mol. The molecule has 20 heavy (non-hydrogen) atoms. The molecule has 0 aliphatic heterocycles. The highest BCUT2D eigenvalue weighted by molar-refractivity contribution is 7.92. The molecule has 7 heteroatoms. The van der Waals surface area contributed by atoms with Gasteiger partial charge >= 0.3 is 0 Å². The molecule has 108 valence electrons. The van der Waals surface area contributed by atoms with Crippen molar-refractivity contribution in [1.82, 2.24) is 14.8 Å². The molecule has 0 aliphatic rings. The Hall–Kier alpha value is -1.89. The molecule has 0 bridgehead atoms. The highest BCUT2D eigenvalue weighted by atomic mass is 32.2. The van der Waals surface area contributed by atoms with E-state index >= 15 is 0 Å². The summed E-state index contributed by atoms with van der Waals surface area (Å²) in [6, 6.07) is 3.59. The fraction of sp³-hybridized carbons (Fsp3) is 0.385. The van der Waals surface area contributed by atoms with Gasteiger partial charge in [0.2, 0.25) is 0 Å². The fourth-order valence-corrected chi connectivity index (χ4v) is 3.27. The molecule has 0 amide bonds. The van der Waals surface area contributed by atoms with Crippen LogP contribution in [0, 0.1) is 20.8 Å². The van der Waals surface area contributed by atoms with Gasteiger partial charge in [0, 0.05) is 12.2 Å². The number of hydrogen-bond donors (Lipinski definition) is 1. The summed E-state index contributed by atoms with van der Waals surface area (Å²) in [5.74, 6) is 0.325. The third kappa shape index (κ3) is 2.82. The Kier molecular flexibility index (Phi) is 3.80. The minimum atomic E-state index is -3.66. The van der Waals surface area contributed by atoms with Crippen LogP contribution in [0.3, 0.4) is 0 Å². The van der Waals surface area contributed by atoms with Gasteiger partial charge in [-0.3, -0.25) is 9.40 Å². The molecule has 0 saturated carbocycles. The molecule has 2 heterocycles. The van der Waals surface area contributed by atoms with Crippen molar-refractivity contribution in [2.24, 2.45) is 0 Å². The average molecular weight is 294 g/mol. The summed E-state index contributed by atoms with van der Waals surface area (Å²) in [5, 5.41) is 4.05. The van der Waals surface area contributed by atoms with Crippen LogP contribution < -0.4 is 4.72 Å². The van der Waals surface area contributed by atoms with Gasteiger partial charge < -0.3 is 0 Å². The van der Waals surface area contributed by atoms with Crippen LogP contribution in [0.4, 0.5) is 5.82 Å². The minimum absolute atomic E-state index is 0.181. The lowest BCUT2D eigenvalue weighted by atomic mass is 10.2. The van der Waals surface area contributed by atoms with Crippen LogP contribution in [0.1, 0.15) is 23.9 Å². The van der Waals surface area contributed by atoms with Gasteiger partial charge in [-0.15, -0.1) is 0 Å². The summed E-state index contributed by atoms with van der Waals surface area (Å²) in [4.78, 5) is 4.36. The maximum absolute atomic E-state index is 12.4. The Bertz CT molecular complexity index is 715. The second-order valence-corrected chi connectivity index (χ2v) is 6.34. The summed E-state index contributed by atoms with van der Waals surface area (Å²) in [6.07, 6.45) is 1.36. The smallest absolute Gasteiger partial charge is 0.266 e. The van der Waals surface area contributed by atoms with E-state index in [1.165, 1.54) is 6.20 Å². The van der Waals surface area contributed by atoms with Gasteiger partial charge in [-0.2, -0.15) is 5.10 Å². The van der Waals surface area contributed by atoms with Crippen LogP contribution in [0.15, 0.2) is 23.2 Å². The highest BCUT2D eigenvalue weighted by Crippen LogP contribution is 2.19. The zero-order valence-electron chi connectivity index (χ0n) is 12.0. The molecular formula is C13H18N4O2S. The Morgan fingerprint density at radius 2 is 1.95 bits per heavy atom. The number of nitrogens with zero attached hydrogens (tertiary/aromatic N) is 3. The van der Waals surface area contributed by atoms with E-state index in [9.17, 15) is 8.42 Å². The second kappa shape index (κ2) is 5.24. The van der Waals surface area contributed by atoms with Crippen LogP contribution >= 0.6 is 0 Å². The number of hydrogen-bond acceptors (Lipinski definition) is 4. The molecule has 0 atom stereocenters. The van der Waals surface area contributed by atoms with Crippen molar-refractivity contribution >= 4 is 15.8 Å². The van der Waals surface area contributed by atoms with Crippen LogP contribution in [0.5, 0.6) is 0 Å². The van der Waals surface area contributed by atoms with Gasteiger partial charge in [0.1, 0.15) is 10.7 Å². The van der Waals surface area contributed by atoms with Gasteiger partial charge in [-0.05, 0) is 45.4 Å². The van der Waals surface area contributed by atoms with Crippen LogP contribution in [0.2, 0.25) is 0 Å². The van der Waals surface area contributed by atoms with E-state index in [1.54, 1.807) is 17.7 Å². The first-order valence-electron chi connectivity index (χ1n) is 6.34. The molecule has 0 unspecified atom stereocenters. The largest absolute Gasteiger partial charge is 0.269 e. The van der Waals surface area contributed by atoms with E-state index in [1.807, 2.05) is 26.8 Å². The normalized spacial score (nSPS) is 11.6.